The molecule has 1 amide bonds. The van der Waals surface area contributed by atoms with Crippen molar-refractivity contribution in [3.05, 3.63) is 42.0 Å². The molecular formula is C13H13FN4O3S. The fraction of sp³-hybridized carbons (Fsp3) is 0.231. The Hall–Kier alpha value is -2.42. The number of amides is 1. The molecule has 2 N–H and O–H groups in total. The lowest BCUT2D eigenvalue weighted by Gasteiger charge is -2.18. The summed E-state index contributed by atoms with van der Waals surface area (Å²) >= 11 is 0. The van der Waals surface area contributed by atoms with Gasteiger partial charge in [-0.15, -0.1) is 0 Å². The Bertz CT molecular complexity index is 805. The number of halogens is 1. The van der Waals surface area contributed by atoms with E-state index >= 15 is 0 Å². The van der Waals surface area contributed by atoms with E-state index in [0.29, 0.717) is 12.1 Å². The first kappa shape index (κ1) is 14.5. The molecule has 2 aromatic rings. The number of aromatic amines is 1. The molecule has 0 saturated carbocycles. The molecule has 22 heavy (non-hydrogen) atoms. The van der Waals surface area contributed by atoms with Gasteiger partial charge in [-0.3, -0.25) is 14.2 Å². The van der Waals surface area contributed by atoms with E-state index in [2.05, 4.69) is 15.5 Å². The van der Waals surface area contributed by atoms with Gasteiger partial charge >= 0.3 is 0 Å². The van der Waals surface area contributed by atoms with Crippen LogP contribution in [0.15, 0.2) is 30.5 Å². The molecule has 1 aromatic heterocycles. The monoisotopic (exact) mass is 324 g/mol. The van der Waals surface area contributed by atoms with Crippen LogP contribution in [0.1, 0.15) is 16.9 Å². The molecule has 0 bridgehead atoms. The first-order valence-electron chi connectivity index (χ1n) is 6.58. The molecule has 9 heteroatoms. The van der Waals surface area contributed by atoms with Crippen molar-refractivity contribution in [1.29, 1.82) is 0 Å². The molecular weight excluding hydrogens is 311 g/mol. The van der Waals surface area contributed by atoms with Crippen LogP contribution in [0, 0.1) is 5.82 Å². The zero-order valence-electron chi connectivity index (χ0n) is 11.4. The van der Waals surface area contributed by atoms with Gasteiger partial charge in [0.15, 0.2) is 0 Å². The minimum atomic E-state index is -3.49. The van der Waals surface area contributed by atoms with E-state index in [0.717, 1.165) is 10.4 Å². The van der Waals surface area contributed by atoms with Gasteiger partial charge in [0.2, 0.25) is 10.0 Å². The Morgan fingerprint density at radius 2 is 2.18 bits per heavy atom. The van der Waals surface area contributed by atoms with Crippen molar-refractivity contribution in [2.45, 2.75) is 6.42 Å². The van der Waals surface area contributed by atoms with E-state index in [1.54, 1.807) is 0 Å². The second-order valence-electron chi connectivity index (χ2n) is 4.83. The van der Waals surface area contributed by atoms with Crippen molar-refractivity contribution < 1.29 is 17.6 Å². The van der Waals surface area contributed by atoms with Crippen LogP contribution in [-0.4, -0.2) is 36.8 Å². The maximum absolute atomic E-state index is 13.9. The van der Waals surface area contributed by atoms with Crippen LogP contribution in [0.25, 0.3) is 0 Å². The Kier molecular flexibility index (Phi) is 3.57. The number of carbonyl (C=O) groups is 1. The highest BCUT2D eigenvalue weighted by Crippen LogP contribution is 2.29. The lowest BCUT2D eigenvalue weighted by Crippen LogP contribution is -2.26. The van der Waals surface area contributed by atoms with Gasteiger partial charge in [0, 0.05) is 18.4 Å². The fourth-order valence-corrected chi connectivity index (χ4v) is 3.83. The summed E-state index contributed by atoms with van der Waals surface area (Å²) in [6.07, 6.45) is 1.88. The highest BCUT2D eigenvalue weighted by atomic mass is 32.2. The van der Waals surface area contributed by atoms with E-state index in [-0.39, 0.29) is 23.7 Å². The Morgan fingerprint density at radius 1 is 1.36 bits per heavy atom. The number of H-pyrrole nitrogens is 1. The molecule has 1 aliphatic heterocycles. The van der Waals surface area contributed by atoms with E-state index in [4.69, 9.17) is 0 Å². The van der Waals surface area contributed by atoms with E-state index in [1.165, 1.54) is 24.4 Å². The fourth-order valence-electron chi connectivity index (χ4n) is 2.27. The summed E-state index contributed by atoms with van der Waals surface area (Å²) in [7, 11) is -3.49. The van der Waals surface area contributed by atoms with Gasteiger partial charge < -0.3 is 5.32 Å². The topological polar surface area (TPSA) is 95.2 Å². The smallest absolute Gasteiger partial charge is 0.273 e. The molecule has 1 fully saturated rings. The highest BCUT2D eigenvalue weighted by Gasteiger charge is 2.30. The summed E-state index contributed by atoms with van der Waals surface area (Å²) in [5, 5.41) is 8.74. The van der Waals surface area contributed by atoms with Crippen LogP contribution >= 0.6 is 0 Å². The highest BCUT2D eigenvalue weighted by molar-refractivity contribution is 7.93. The molecule has 0 unspecified atom stereocenters. The maximum Gasteiger partial charge on any atom is 0.273 e. The SMILES string of the molecule is O=C(Nc1ccc(F)c(N2CCCS2(=O)=O)c1)c1ccn[nH]1. The minimum absolute atomic E-state index is 0.00281. The number of benzene rings is 1. The van der Waals surface area contributed by atoms with Gasteiger partial charge in [-0.1, -0.05) is 0 Å². The normalized spacial score (nSPS) is 16.7. The second-order valence-corrected chi connectivity index (χ2v) is 6.85. The number of nitrogens with one attached hydrogen (secondary N) is 2. The average Bonchev–Trinajstić information content (AvgIpc) is 3.10. The molecule has 116 valence electrons. The molecule has 1 saturated heterocycles. The Labute approximate surface area is 126 Å². The number of sulfonamides is 1. The van der Waals surface area contributed by atoms with Crippen molar-refractivity contribution in [3.8, 4) is 0 Å². The summed E-state index contributed by atoms with van der Waals surface area (Å²) in [5.74, 6) is -1.10. The van der Waals surface area contributed by atoms with E-state index < -0.39 is 21.7 Å². The summed E-state index contributed by atoms with van der Waals surface area (Å²) in [6.45, 7) is 0.233. The average molecular weight is 324 g/mol. The second kappa shape index (κ2) is 5.41. The van der Waals surface area contributed by atoms with Gasteiger partial charge in [-0.25, -0.2) is 12.8 Å². The zero-order chi connectivity index (χ0) is 15.7. The van der Waals surface area contributed by atoms with Gasteiger partial charge in [-0.05, 0) is 30.7 Å². The maximum atomic E-state index is 13.9. The molecule has 2 heterocycles. The molecule has 0 atom stereocenters. The van der Waals surface area contributed by atoms with Gasteiger partial charge in [-0.2, -0.15) is 5.10 Å². The predicted octanol–water partition coefficient (Wildman–Crippen LogP) is 1.34. The Morgan fingerprint density at radius 3 is 2.82 bits per heavy atom. The van der Waals surface area contributed by atoms with E-state index in [9.17, 15) is 17.6 Å². The Balaban J connectivity index is 1.89. The number of hydrogen-bond donors (Lipinski definition) is 2. The minimum Gasteiger partial charge on any atom is -0.321 e. The summed E-state index contributed by atoms with van der Waals surface area (Å²) in [4.78, 5) is 11.9. The molecule has 0 spiro atoms. The quantitative estimate of drug-likeness (QED) is 0.890. The lowest BCUT2D eigenvalue weighted by atomic mass is 10.2. The molecule has 1 aliphatic rings. The van der Waals surface area contributed by atoms with E-state index in [1.807, 2.05) is 0 Å². The van der Waals surface area contributed by atoms with Crippen LogP contribution in [0.4, 0.5) is 15.8 Å². The predicted molar refractivity (Wildman–Crippen MR) is 78.7 cm³/mol. The lowest BCUT2D eigenvalue weighted by molar-refractivity contribution is 0.102. The first-order chi connectivity index (χ1) is 10.5. The first-order valence-corrected chi connectivity index (χ1v) is 8.19. The number of nitrogens with zero attached hydrogens (tertiary/aromatic N) is 2. The van der Waals surface area contributed by atoms with Gasteiger partial charge in [0.1, 0.15) is 11.5 Å². The zero-order valence-corrected chi connectivity index (χ0v) is 12.2. The van der Waals surface area contributed by atoms with Crippen molar-refractivity contribution in [1.82, 2.24) is 10.2 Å². The standard InChI is InChI=1S/C13H13FN4O3S/c14-10-3-2-9(16-13(19)11-4-5-15-17-11)8-12(10)18-6-1-7-22(18,20)21/h2-5,8H,1,6-7H2,(H,15,17)(H,16,19). The summed E-state index contributed by atoms with van der Waals surface area (Å²) in [5.41, 5.74) is 0.498. The third-order valence-electron chi connectivity index (χ3n) is 3.32. The third-order valence-corrected chi connectivity index (χ3v) is 5.17. The molecule has 7 nitrogen and oxygen atoms in total. The number of hydrogen-bond acceptors (Lipinski definition) is 4. The van der Waals surface area contributed by atoms with Gasteiger partial charge in [0.05, 0.1) is 11.4 Å². The molecule has 1 aromatic carbocycles. The van der Waals surface area contributed by atoms with Crippen molar-refractivity contribution in [2.75, 3.05) is 21.9 Å². The largest absolute Gasteiger partial charge is 0.321 e. The van der Waals surface area contributed by atoms with Crippen LogP contribution in [0.5, 0.6) is 0 Å². The number of anilines is 2. The molecule has 3 rings (SSSR count). The third kappa shape index (κ3) is 2.67. The number of rotatable bonds is 3. The number of carbonyl (C=O) groups excluding carboxylic acids is 1. The molecule has 0 aliphatic carbocycles. The van der Waals surface area contributed by atoms with Crippen molar-refractivity contribution in [3.63, 3.8) is 0 Å². The summed E-state index contributed by atoms with van der Waals surface area (Å²) < 4.78 is 38.8. The van der Waals surface area contributed by atoms with Crippen LogP contribution in [0.3, 0.4) is 0 Å². The van der Waals surface area contributed by atoms with Crippen molar-refractivity contribution in [2.24, 2.45) is 0 Å². The van der Waals surface area contributed by atoms with Gasteiger partial charge in [0.25, 0.3) is 5.91 Å². The van der Waals surface area contributed by atoms with Crippen LogP contribution in [0.2, 0.25) is 0 Å². The van der Waals surface area contributed by atoms with Crippen LogP contribution in [-0.2, 0) is 10.0 Å². The van der Waals surface area contributed by atoms with Crippen molar-refractivity contribution >= 4 is 27.3 Å². The molecule has 0 radical (unpaired) electrons. The van der Waals surface area contributed by atoms with Crippen LogP contribution < -0.4 is 9.62 Å². The number of aromatic nitrogens is 2. The summed E-state index contributed by atoms with van der Waals surface area (Å²) in [6, 6.07) is 5.30.